The number of nitrogens with zero attached hydrogens (tertiary/aromatic N) is 1. The molecule has 0 saturated heterocycles. The molecule has 3 N–H and O–H groups in total. The van der Waals surface area contributed by atoms with Crippen LogP contribution in [0.2, 0.25) is 0 Å². The third kappa shape index (κ3) is 3.32. The Kier molecular flexibility index (Phi) is 4.90. The molecule has 0 aliphatic carbocycles. The Morgan fingerprint density at radius 1 is 1.37 bits per heavy atom. The molecule has 2 rings (SSSR count). The number of nitrogens with one attached hydrogen (secondary N) is 1. The van der Waals surface area contributed by atoms with Crippen molar-refractivity contribution in [1.82, 2.24) is 10.4 Å². The molecular weight excluding hydrogens is 306 g/mol. The molecule has 5 heteroatoms. The van der Waals surface area contributed by atoms with Crippen molar-refractivity contribution in [3.8, 4) is 5.75 Å². The van der Waals surface area contributed by atoms with Gasteiger partial charge in [0.1, 0.15) is 5.75 Å². The van der Waals surface area contributed by atoms with Gasteiger partial charge in [0.25, 0.3) is 0 Å². The zero-order valence-corrected chi connectivity index (χ0v) is 12.2. The lowest BCUT2D eigenvalue weighted by atomic mass is 10.0. The van der Waals surface area contributed by atoms with Gasteiger partial charge in [-0.15, -0.1) is 0 Å². The quantitative estimate of drug-likeness (QED) is 0.656. The topological polar surface area (TPSA) is 60.2 Å². The van der Waals surface area contributed by atoms with Crippen molar-refractivity contribution in [3.63, 3.8) is 0 Å². The highest BCUT2D eigenvalue weighted by Crippen LogP contribution is 2.28. The molecule has 1 heterocycles. The summed E-state index contributed by atoms with van der Waals surface area (Å²) in [5.41, 5.74) is 4.83. The van der Waals surface area contributed by atoms with Gasteiger partial charge in [-0.3, -0.25) is 10.8 Å². The van der Waals surface area contributed by atoms with Gasteiger partial charge in [0.05, 0.1) is 18.8 Å². The number of aromatic nitrogens is 1. The Balaban J connectivity index is 2.37. The lowest BCUT2D eigenvalue weighted by Gasteiger charge is -2.18. The fourth-order valence-corrected chi connectivity index (χ4v) is 2.43. The van der Waals surface area contributed by atoms with Crippen LogP contribution in [0.1, 0.15) is 24.1 Å². The highest BCUT2D eigenvalue weighted by atomic mass is 79.9. The fourth-order valence-electron chi connectivity index (χ4n) is 1.91. The second-order valence-electron chi connectivity index (χ2n) is 4.01. The van der Waals surface area contributed by atoms with E-state index in [0.717, 1.165) is 21.3 Å². The number of rotatable bonds is 5. The first-order chi connectivity index (χ1) is 9.26. The molecule has 1 unspecified atom stereocenters. The van der Waals surface area contributed by atoms with Gasteiger partial charge >= 0.3 is 0 Å². The standard InChI is InChI=1S/C14H16BrN3O/c1-2-19-11-7-10(8-17-9-11)14(18-16)12-5-3-4-6-13(12)15/h3-9,14,18H,2,16H2,1H3. The molecule has 1 aromatic carbocycles. The van der Waals surface area contributed by atoms with Gasteiger partial charge in [-0.2, -0.15) is 0 Å². The predicted molar refractivity (Wildman–Crippen MR) is 78.7 cm³/mol. The first-order valence-electron chi connectivity index (χ1n) is 6.04. The third-order valence-electron chi connectivity index (χ3n) is 2.76. The average molecular weight is 322 g/mol. The van der Waals surface area contributed by atoms with Gasteiger partial charge < -0.3 is 4.74 Å². The van der Waals surface area contributed by atoms with Gasteiger partial charge in [-0.25, -0.2) is 5.43 Å². The highest BCUT2D eigenvalue weighted by Gasteiger charge is 2.15. The van der Waals surface area contributed by atoms with Crippen molar-refractivity contribution in [1.29, 1.82) is 0 Å². The number of hydrogen-bond donors (Lipinski definition) is 2. The van der Waals surface area contributed by atoms with Crippen molar-refractivity contribution in [2.24, 2.45) is 5.84 Å². The van der Waals surface area contributed by atoms with Crippen LogP contribution in [0, 0.1) is 0 Å². The number of hydrazine groups is 1. The van der Waals surface area contributed by atoms with E-state index in [0.29, 0.717) is 6.61 Å². The van der Waals surface area contributed by atoms with Crippen LogP contribution < -0.4 is 16.0 Å². The molecule has 1 atom stereocenters. The maximum absolute atomic E-state index is 5.69. The van der Waals surface area contributed by atoms with Gasteiger partial charge in [-0.05, 0) is 30.2 Å². The zero-order chi connectivity index (χ0) is 13.7. The first kappa shape index (κ1) is 14.0. The van der Waals surface area contributed by atoms with Crippen LogP contribution >= 0.6 is 15.9 Å². The zero-order valence-electron chi connectivity index (χ0n) is 10.6. The Morgan fingerprint density at radius 2 is 2.16 bits per heavy atom. The van der Waals surface area contributed by atoms with Gasteiger partial charge in [0.2, 0.25) is 0 Å². The summed E-state index contributed by atoms with van der Waals surface area (Å²) in [6.07, 6.45) is 3.48. The average Bonchev–Trinajstić information content (AvgIpc) is 2.43. The fraction of sp³-hybridized carbons (Fsp3) is 0.214. The molecule has 0 aliphatic rings. The van der Waals surface area contributed by atoms with Crippen molar-refractivity contribution in [3.05, 3.63) is 58.3 Å². The van der Waals surface area contributed by atoms with Crippen LogP contribution in [0.4, 0.5) is 0 Å². The lowest BCUT2D eigenvalue weighted by molar-refractivity contribution is 0.338. The van der Waals surface area contributed by atoms with Gasteiger partial charge in [0, 0.05) is 10.7 Å². The largest absolute Gasteiger partial charge is 0.492 e. The van der Waals surface area contributed by atoms with E-state index < -0.39 is 0 Å². The van der Waals surface area contributed by atoms with E-state index in [1.54, 1.807) is 12.4 Å². The van der Waals surface area contributed by atoms with E-state index in [4.69, 9.17) is 10.6 Å². The van der Waals surface area contributed by atoms with Crippen LogP contribution in [-0.4, -0.2) is 11.6 Å². The van der Waals surface area contributed by atoms with Crippen LogP contribution in [0.15, 0.2) is 47.2 Å². The first-order valence-corrected chi connectivity index (χ1v) is 6.84. The number of halogens is 1. The molecule has 0 spiro atoms. The number of hydrogen-bond acceptors (Lipinski definition) is 4. The summed E-state index contributed by atoms with van der Waals surface area (Å²) in [7, 11) is 0. The lowest BCUT2D eigenvalue weighted by Crippen LogP contribution is -2.29. The summed E-state index contributed by atoms with van der Waals surface area (Å²) in [5.74, 6) is 6.43. The smallest absolute Gasteiger partial charge is 0.137 e. The van der Waals surface area contributed by atoms with E-state index >= 15 is 0 Å². The molecule has 2 aromatic rings. The van der Waals surface area contributed by atoms with E-state index in [2.05, 4.69) is 26.3 Å². The van der Waals surface area contributed by atoms with Gasteiger partial charge in [0.15, 0.2) is 0 Å². The van der Waals surface area contributed by atoms with Crippen LogP contribution in [-0.2, 0) is 0 Å². The van der Waals surface area contributed by atoms with E-state index in [9.17, 15) is 0 Å². The van der Waals surface area contributed by atoms with Crippen molar-refractivity contribution >= 4 is 15.9 Å². The SMILES string of the molecule is CCOc1cncc(C(NN)c2ccccc2Br)c1. The van der Waals surface area contributed by atoms with Crippen LogP contribution in [0.3, 0.4) is 0 Å². The van der Waals surface area contributed by atoms with Crippen molar-refractivity contribution < 1.29 is 4.74 Å². The molecule has 19 heavy (non-hydrogen) atoms. The van der Waals surface area contributed by atoms with Crippen molar-refractivity contribution in [2.45, 2.75) is 13.0 Å². The molecule has 100 valence electrons. The summed E-state index contributed by atoms with van der Waals surface area (Å²) in [6.45, 7) is 2.56. The summed E-state index contributed by atoms with van der Waals surface area (Å²) in [4.78, 5) is 4.19. The predicted octanol–water partition coefficient (Wildman–Crippen LogP) is 2.80. The second kappa shape index (κ2) is 6.65. The molecule has 0 radical (unpaired) electrons. The van der Waals surface area contributed by atoms with E-state index in [1.807, 2.05) is 37.3 Å². The van der Waals surface area contributed by atoms with E-state index in [1.165, 1.54) is 0 Å². The van der Waals surface area contributed by atoms with E-state index in [-0.39, 0.29) is 6.04 Å². The molecule has 1 aromatic heterocycles. The maximum Gasteiger partial charge on any atom is 0.137 e. The minimum Gasteiger partial charge on any atom is -0.492 e. The Morgan fingerprint density at radius 3 is 2.84 bits per heavy atom. The normalized spacial score (nSPS) is 12.2. The monoisotopic (exact) mass is 321 g/mol. The van der Waals surface area contributed by atoms with Crippen molar-refractivity contribution in [2.75, 3.05) is 6.61 Å². The second-order valence-corrected chi connectivity index (χ2v) is 4.86. The number of benzene rings is 1. The molecule has 0 fully saturated rings. The summed E-state index contributed by atoms with van der Waals surface area (Å²) in [6, 6.07) is 9.76. The summed E-state index contributed by atoms with van der Waals surface area (Å²) in [5, 5.41) is 0. The molecule has 0 saturated carbocycles. The Bertz CT molecular complexity index is 548. The molecule has 0 amide bonds. The number of nitrogens with two attached hydrogens (primary N) is 1. The van der Waals surface area contributed by atoms with Gasteiger partial charge in [-0.1, -0.05) is 34.1 Å². The molecule has 4 nitrogen and oxygen atoms in total. The Labute approximate surface area is 121 Å². The minimum absolute atomic E-state index is 0.136. The Hall–Kier alpha value is -1.43. The van der Waals surface area contributed by atoms with Crippen LogP contribution in [0.5, 0.6) is 5.75 Å². The third-order valence-corrected chi connectivity index (χ3v) is 3.48. The minimum atomic E-state index is -0.136. The highest BCUT2D eigenvalue weighted by molar-refractivity contribution is 9.10. The summed E-state index contributed by atoms with van der Waals surface area (Å²) < 4.78 is 6.46. The number of pyridine rings is 1. The summed E-state index contributed by atoms with van der Waals surface area (Å²) >= 11 is 3.54. The maximum atomic E-state index is 5.69. The molecule has 0 bridgehead atoms. The molecule has 0 aliphatic heterocycles. The van der Waals surface area contributed by atoms with Crippen LogP contribution in [0.25, 0.3) is 0 Å². The molecular formula is C14H16BrN3O. The number of ether oxygens (including phenoxy) is 1.